The number of benzene rings is 2. The highest BCUT2D eigenvalue weighted by Gasteiger charge is 2.22. The van der Waals surface area contributed by atoms with Gasteiger partial charge in [-0.3, -0.25) is 4.90 Å². The summed E-state index contributed by atoms with van der Waals surface area (Å²) < 4.78 is 11.8. The molecule has 2 aromatic carbocycles. The molecular weight excluding hydrogens is 380 g/mol. The van der Waals surface area contributed by atoms with Gasteiger partial charge in [-0.15, -0.1) is 0 Å². The van der Waals surface area contributed by atoms with E-state index in [0.717, 1.165) is 49.6 Å². The molecule has 1 aliphatic rings. The molecule has 2 aromatic rings. The predicted molar refractivity (Wildman–Crippen MR) is 104 cm³/mol. The van der Waals surface area contributed by atoms with Gasteiger partial charge in [0.25, 0.3) is 0 Å². The van der Waals surface area contributed by atoms with Gasteiger partial charge in [0.2, 0.25) is 0 Å². The Morgan fingerprint density at radius 3 is 2.60 bits per heavy atom. The summed E-state index contributed by atoms with van der Waals surface area (Å²) in [6.07, 6.45) is 0. The minimum Gasteiger partial charge on any atom is -0.496 e. The highest BCUT2D eigenvalue weighted by molar-refractivity contribution is 9.10. The summed E-state index contributed by atoms with van der Waals surface area (Å²) in [7, 11) is 1.69. The fourth-order valence-corrected chi connectivity index (χ4v) is 3.78. The molecule has 1 fully saturated rings. The van der Waals surface area contributed by atoms with E-state index in [0.29, 0.717) is 6.04 Å². The topological polar surface area (TPSA) is 33.7 Å². The van der Waals surface area contributed by atoms with E-state index in [1.54, 1.807) is 7.11 Å². The molecule has 5 heteroatoms. The maximum atomic E-state index is 5.52. The average molecular weight is 405 g/mol. The second-order valence-electron chi connectivity index (χ2n) is 6.17. The van der Waals surface area contributed by atoms with Crippen molar-refractivity contribution >= 4 is 15.9 Å². The normalized spacial score (nSPS) is 16.6. The van der Waals surface area contributed by atoms with Crippen molar-refractivity contribution in [2.45, 2.75) is 12.6 Å². The third-order valence-corrected chi connectivity index (χ3v) is 5.17. The third kappa shape index (κ3) is 5.05. The number of rotatable bonds is 7. The van der Waals surface area contributed by atoms with Crippen LogP contribution in [0.2, 0.25) is 0 Å². The van der Waals surface area contributed by atoms with Crippen LogP contribution in [0.25, 0.3) is 0 Å². The zero-order valence-electron chi connectivity index (χ0n) is 14.6. The Balaban J connectivity index is 1.63. The van der Waals surface area contributed by atoms with Gasteiger partial charge in [0, 0.05) is 32.2 Å². The first-order valence-corrected chi connectivity index (χ1v) is 9.47. The maximum absolute atomic E-state index is 5.52. The molecule has 4 nitrogen and oxygen atoms in total. The second-order valence-corrected chi connectivity index (χ2v) is 7.03. The average Bonchev–Trinajstić information content (AvgIpc) is 2.67. The van der Waals surface area contributed by atoms with Gasteiger partial charge in [0.15, 0.2) is 0 Å². The highest BCUT2D eigenvalue weighted by atomic mass is 79.9. The number of halogens is 1. The minimum atomic E-state index is 0.367. The lowest BCUT2D eigenvalue weighted by atomic mass is 10.0. The van der Waals surface area contributed by atoms with Crippen molar-refractivity contribution in [2.24, 2.45) is 0 Å². The van der Waals surface area contributed by atoms with Gasteiger partial charge in [-0.1, -0.05) is 36.4 Å². The molecule has 1 N–H and O–H groups in total. The zero-order chi connectivity index (χ0) is 17.5. The number of ether oxygens (including phenoxy) is 2. The fourth-order valence-electron chi connectivity index (χ4n) is 3.20. The van der Waals surface area contributed by atoms with Crippen LogP contribution in [0.15, 0.2) is 53.0 Å². The molecule has 0 spiro atoms. The monoisotopic (exact) mass is 404 g/mol. The number of morpholine rings is 1. The first-order valence-electron chi connectivity index (χ1n) is 8.68. The van der Waals surface area contributed by atoms with E-state index >= 15 is 0 Å². The van der Waals surface area contributed by atoms with Gasteiger partial charge in [-0.05, 0) is 39.2 Å². The number of nitrogens with one attached hydrogen (secondary N) is 1. The number of hydrogen-bond acceptors (Lipinski definition) is 4. The van der Waals surface area contributed by atoms with Crippen LogP contribution in [0, 0.1) is 0 Å². The molecule has 0 saturated carbocycles. The Hall–Kier alpha value is -1.40. The van der Waals surface area contributed by atoms with Crippen molar-refractivity contribution in [1.82, 2.24) is 10.2 Å². The van der Waals surface area contributed by atoms with E-state index in [1.165, 1.54) is 11.1 Å². The van der Waals surface area contributed by atoms with Crippen molar-refractivity contribution in [3.05, 3.63) is 64.1 Å². The van der Waals surface area contributed by atoms with Crippen molar-refractivity contribution < 1.29 is 9.47 Å². The summed E-state index contributed by atoms with van der Waals surface area (Å²) >= 11 is 3.55. The first-order chi connectivity index (χ1) is 12.3. The van der Waals surface area contributed by atoms with Crippen molar-refractivity contribution in [1.29, 1.82) is 0 Å². The Morgan fingerprint density at radius 1 is 1.16 bits per heavy atom. The van der Waals surface area contributed by atoms with Crippen LogP contribution in [0.5, 0.6) is 5.75 Å². The molecule has 25 heavy (non-hydrogen) atoms. The van der Waals surface area contributed by atoms with Crippen molar-refractivity contribution in [3.63, 3.8) is 0 Å². The zero-order valence-corrected chi connectivity index (χ0v) is 16.2. The summed E-state index contributed by atoms with van der Waals surface area (Å²) in [6.45, 7) is 5.33. The molecule has 0 aromatic heterocycles. The van der Waals surface area contributed by atoms with E-state index in [-0.39, 0.29) is 0 Å². The summed E-state index contributed by atoms with van der Waals surface area (Å²) in [5, 5.41) is 3.62. The quantitative estimate of drug-likeness (QED) is 0.763. The van der Waals surface area contributed by atoms with Gasteiger partial charge in [0.05, 0.1) is 24.8 Å². The van der Waals surface area contributed by atoms with E-state index in [2.05, 4.69) is 68.6 Å². The lowest BCUT2D eigenvalue weighted by Gasteiger charge is -2.35. The van der Waals surface area contributed by atoms with Gasteiger partial charge in [-0.2, -0.15) is 0 Å². The third-order valence-electron chi connectivity index (χ3n) is 4.55. The Kier molecular flexibility index (Phi) is 6.87. The summed E-state index contributed by atoms with van der Waals surface area (Å²) in [5.41, 5.74) is 2.59. The summed E-state index contributed by atoms with van der Waals surface area (Å²) in [6, 6.07) is 17.3. The number of nitrogens with zero attached hydrogens (tertiary/aromatic N) is 1. The standard InChI is InChI=1S/C20H25BrN2O2/c1-24-20-8-7-16(13-18(20)21)14-22-15-19(17-5-3-2-4-6-17)23-9-11-25-12-10-23/h2-8,13,19,22H,9-12,14-15H2,1H3. The molecule has 3 rings (SSSR count). The molecule has 1 saturated heterocycles. The van der Waals surface area contributed by atoms with Gasteiger partial charge in [0.1, 0.15) is 5.75 Å². The van der Waals surface area contributed by atoms with Gasteiger partial charge in [-0.25, -0.2) is 0 Å². The SMILES string of the molecule is COc1ccc(CNCC(c2ccccc2)N2CCOCC2)cc1Br. The maximum Gasteiger partial charge on any atom is 0.133 e. The van der Waals surface area contributed by atoms with Crippen LogP contribution < -0.4 is 10.1 Å². The van der Waals surface area contributed by atoms with Crippen molar-refractivity contribution in [3.8, 4) is 5.75 Å². The second kappa shape index (κ2) is 9.34. The van der Waals surface area contributed by atoms with Crippen LogP contribution in [0.4, 0.5) is 0 Å². The Morgan fingerprint density at radius 2 is 1.92 bits per heavy atom. The van der Waals surface area contributed by atoms with Crippen LogP contribution in [0.1, 0.15) is 17.2 Å². The van der Waals surface area contributed by atoms with Crippen LogP contribution in [-0.2, 0) is 11.3 Å². The highest BCUT2D eigenvalue weighted by Crippen LogP contribution is 2.26. The Labute approximate surface area is 158 Å². The van der Waals surface area contributed by atoms with Crippen LogP contribution >= 0.6 is 15.9 Å². The largest absolute Gasteiger partial charge is 0.496 e. The van der Waals surface area contributed by atoms with Crippen LogP contribution in [-0.4, -0.2) is 44.9 Å². The summed E-state index contributed by atoms with van der Waals surface area (Å²) in [4.78, 5) is 2.51. The lowest BCUT2D eigenvalue weighted by molar-refractivity contribution is 0.0161. The lowest BCUT2D eigenvalue weighted by Crippen LogP contribution is -2.42. The molecule has 1 unspecified atom stereocenters. The van der Waals surface area contributed by atoms with Gasteiger partial charge < -0.3 is 14.8 Å². The smallest absolute Gasteiger partial charge is 0.133 e. The molecule has 0 aliphatic carbocycles. The predicted octanol–water partition coefficient (Wildman–Crippen LogP) is 3.62. The van der Waals surface area contributed by atoms with E-state index in [1.807, 2.05) is 6.07 Å². The van der Waals surface area contributed by atoms with E-state index < -0.39 is 0 Å². The fraction of sp³-hybridized carbons (Fsp3) is 0.400. The van der Waals surface area contributed by atoms with Gasteiger partial charge >= 0.3 is 0 Å². The molecule has 1 heterocycles. The number of hydrogen-bond donors (Lipinski definition) is 1. The molecule has 0 amide bonds. The number of methoxy groups -OCH3 is 1. The Bertz CT molecular complexity index is 660. The molecule has 0 bridgehead atoms. The minimum absolute atomic E-state index is 0.367. The van der Waals surface area contributed by atoms with Crippen molar-refractivity contribution in [2.75, 3.05) is 40.0 Å². The van der Waals surface area contributed by atoms with E-state index in [4.69, 9.17) is 9.47 Å². The first kappa shape index (κ1) is 18.4. The molecule has 134 valence electrons. The molecule has 1 atom stereocenters. The van der Waals surface area contributed by atoms with Crippen LogP contribution in [0.3, 0.4) is 0 Å². The molecular formula is C20H25BrN2O2. The summed E-state index contributed by atoms with van der Waals surface area (Å²) in [5.74, 6) is 0.860. The van der Waals surface area contributed by atoms with E-state index in [9.17, 15) is 0 Å². The molecule has 0 radical (unpaired) electrons. The molecule has 1 aliphatic heterocycles.